The van der Waals surface area contributed by atoms with Gasteiger partial charge in [-0.3, -0.25) is 4.90 Å². The number of hydrogen-bond acceptors (Lipinski definition) is 2. The van der Waals surface area contributed by atoms with Gasteiger partial charge < -0.3 is 0 Å². The molecule has 14 heavy (non-hydrogen) atoms. The highest BCUT2D eigenvalue weighted by Gasteiger charge is 2.25. The molecule has 1 rings (SSSR count). The smallest absolute Gasteiger partial charge is 0.0870 e. The van der Waals surface area contributed by atoms with E-state index in [1.54, 1.807) is 0 Å². The fourth-order valence-electron chi connectivity index (χ4n) is 2.52. The van der Waals surface area contributed by atoms with Gasteiger partial charge in [-0.2, -0.15) is 5.26 Å². The molecule has 0 aromatic rings. The second-order valence-corrected chi connectivity index (χ2v) is 4.85. The topological polar surface area (TPSA) is 27.0 Å². The molecule has 1 aliphatic carbocycles. The number of nitrogens with zero attached hydrogens (tertiary/aromatic N) is 2. The molecule has 0 aliphatic heterocycles. The quantitative estimate of drug-likeness (QED) is 0.646. The third-order valence-corrected chi connectivity index (χ3v) is 3.29. The largest absolute Gasteiger partial charge is 0.285 e. The summed E-state index contributed by atoms with van der Waals surface area (Å²) in [6, 6.07) is 3.44. The Hall–Kier alpha value is -0.550. The predicted molar refractivity (Wildman–Crippen MR) is 58.9 cm³/mol. The molecule has 1 fully saturated rings. The Kier molecular flexibility index (Phi) is 4.41. The van der Waals surface area contributed by atoms with Crippen LogP contribution in [0.1, 0.15) is 46.5 Å². The zero-order valence-electron chi connectivity index (χ0n) is 9.66. The molecule has 0 bridgehead atoms. The van der Waals surface area contributed by atoms with Gasteiger partial charge in [0.15, 0.2) is 0 Å². The molecule has 0 aromatic carbocycles. The summed E-state index contributed by atoms with van der Waals surface area (Å²) in [5.74, 6) is 0.841. The van der Waals surface area contributed by atoms with Crippen molar-refractivity contribution >= 4 is 0 Å². The number of nitriles is 1. The maximum Gasteiger partial charge on any atom is 0.0870 e. The van der Waals surface area contributed by atoms with Crippen molar-refractivity contribution in [1.29, 1.82) is 5.26 Å². The Morgan fingerprint density at radius 1 is 1.43 bits per heavy atom. The van der Waals surface area contributed by atoms with Crippen LogP contribution in [0.3, 0.4) is 0 Å². The molecule has 1 aliphatic rings. The molecule has 0 amide bonds. The fourth-order valence-corrected chi connectivity index (χ4v) is 2.52. The first-order chi connectivity index (χ1) is 6.65. The molecule has 0 heterocycles. The van der Waals surface area contributed by atoms with Gasteiger partial charge in [0.1, 0.15) is 0 Å². The summed E-state index contributed by atoms with van der Waals surface area (Å²) in [4.78, 5) is 2.36. The molecule has 0 N–H and O–H groups in total. The molecule has 2 heteroatoms. The first-order valence-electron chi connectivity index (χ1n) is 5.77. The molecule has 2 nitrogen and oxygen atoms in total. The fraction of sp³-hybridized carbons (Fsp3) is 0.917. The molecule has 2 unspecified atom stereocenters. The molecule has 0 radical (unpaired) electrons. The summed E-state index contributed by atoms with van der Waals surface area (Å²) in [7, 11) is 0. The summed E-state index contributed by atoms with van der Waals surface area (Å²) < 4.78 is 0. The van der Waals surface area contributed by atoms with Crippen molar-refractivity contribution in [1.82, 2.24) is 4.90 Å². The van der Waals surface area contributed by atoms with E-state index < -0.39 is 0 Å². The normalized spacial score (nSPS) is 28.0. The van der Waals surface area contributed by atoms with Crippen LogP contribution >= 0.6 is 0 Å². The average molecular weight is 194 g/mol. The van der Waals surface area contributed by atoms with Crippen molar-refractivity contribution in [2.75, 3.05) is 6.54 Å². The molecule has 0 aromatic heterocycles. The second-order valence-electron chi connectivity index (χ2n) is 4.85. The van der Waals surface area contributed by atoms with Crippen LogP contribution in [0.4, 0.5) is 0 Å². The van der Waals surface area contributed by atoms with E-state index in [-0.39, 0.29) is 0 Å². The Balaban J connectivity index is 2.54. The zero-order valence-corrected chi connectivity index (χ0v) is 9.66. The van der Waals surface area contributed by atoms with Gasteiger partial charge in [-0.25, -0.2) is 0 Å². The van der Waals surface area contributed by atoms with Crippen molar-refractivity contribution in [2.45, 2.75) is 58.5 Å². The summed E-state index contributed by atoms with van der Waals surface area (Å²) in [5, 5.41) is 8.79. The van der Waals surface area contributed by atoms with E-state index in [9.17, 15) is 0 Å². The minimum atomic E-state index is 0.505. The van der Waals surface area contributed by atoms with Crippen LogP contribution in [0.2, 0.25) is 0 Å². The lowest BCUT2D eigenvalue weighted by Gasteiger charge is -2.37. The third-order valence-electron chi connectivity index (χ3n) is 3.29. The molecule has 2 atom stereocenters. The lowest BCUT2D eigenvalue weighted by molar-refractivity contribution is 0.118. The van der Waals surface area contributed by atoms with E-state index in [2.05, 4.69) is 31.7 Å². The van der Waals surface area contributed by atoms with E-state index in [1.807, 2.05) is 0 Å². The standard InChI is InChI=1S/C12H22N2/c1-10(2)14(8-7-13)12-6-4-5-11(3)9-12/h10-12H,4-6,8-9H2,1-3H3. The predicted octanol–water partition coefficient (Wildman–Crippen LogP) is 2.80. The van der Waals surface area contributed by atoms with Crippen LogP contribution < -0.4 is 0 Å². The van der Waals surface area contributed by atoms with E-state index in [0.29, 0.717) is 18.6 Å². The summed E-state index contributed by atoms with van der Waals surface area (Å²) in [6.45, 7) is 7.30. The minimum Gasteiger partial charge on any atom is -0.285 e. The summed E-state index contributed by atoms with van der Waals surface area (Å²) in [6.07, 6.45) is 5.26. The van der Waals surface area contributed by atoms with Crippen LogP contribution in [0.25, 0.3) is 0 Å². The van der Waals surface area contributed by atoms with Crippen LogP contribution in [0, 0.1) is 17.2 Å². The first kappa shape index (κ1) is 11.5. The monoisotopic (exact) mass is 194 g/mol. The highest BCUT2D eigenvalue weighted by atomic mass is 15.2. The molecule has 0 saturated heterocycles. The average Bonchev–Trinajstić information content (AvgIpc) is 2.13. The van der Waals surface area contributed by atoms with Gasteiger partial charge in [-0.1, -0.05) is 19.8 Å². The molecule has 80 valence electrons. The van der Waals surface area contributed by atoms with Gasteiger partial charge >= 0.3 is 0 Å². The van der Waals surface area contributed by atoms with Crippen LogP contribution in [-0.2, 0) is 0 Å². The van der Waals surface area contributed by atoms with Crippen molar-refractivity contribution < 1.29 is 0 Å². The van der Waals surface area contributed by atoms with Gasteiger partial charge in [0, 0.05) is 12.1 Å². The summed E-state index contributed by atoms with van der Waals surface area (Å²) >= 11 is 0. The maximum absolute atomic E-state index is 8.79. The van der Waals surface area contributed by atoms with E-state index in [4.69, 9.17) is 5.26 Å². The number of rotatable bonds is 3. The van der Waals surface area contributed by atoms with Gasteiger partial charge in [0.05, 0.1) is 12.6 Å². The third kappa shape index (κ3) is 2.99. The van der Waals surface area contributed by atoms with Crippen LogP contribution in [-0.4, -0.2) is 23.5 Å². The van der Waals surface area contributed by atoms with Gasteiger partial charge in [0.2, 0.25) is 0 Å². The van der Waals surface area contributed by atoms with Gasteiger partial charge in [-0.15, -0.1) is 0 Å². The minimum absolute atomic E-state index is 0.505. The first-order valence-corrected chi connectivity index (χ1v) is 5.77. The van der Waals surface area contributed by atoms with Gasteiger partial charge in [-0.05, 0) is 32.6 Å². The van der Waals surface area contributed by atoms with Crippen LogP contribution in [0.5, 0.6) is 0 Å². The SMILES string of the molecule is CC1CCCC(N(CC#N)C(C)C)C1. The van der Waals surface area contributed by atoms with Crippen molar-refractivity contribution in [3.63, 3.8) is 0 Å². The van der Waals surface area contributed by atoms with E-state index >= 15 is 0 Å². The Morgan fingerprint density at radius 2 is 2.14 bits per heavy atom. The lowest BCUT2D eigenvalue weighted by Crippen LogP contribution is -2.43. The molecule has 1 saturated carbocycles. The van der Waals surface area contributed by atoms with Crippen LogP contribution in [0.15, 0.2) is 0 Å². The second kappa shape index (κ2) is 5.36. The summed E-state index contributed by atoms with van der Waals surface area (Å²) in [5.41, 5.74) is 0. The van der Waals surface area contributed by atoms with Crippen molar-refractivity contribution in [3.8, 4) is 6.07 Å². The van der Waals surface area contributed by atoms with E-state index in [0.717, 1.165) is 5.92 Å². The van der Waals surface area contributed by atoms with Crippen molar-refractivity contribution in [2.24, 2.45) is 5.92 Å². The number of hydrogen-bond donors (Lipinski definition) is 0. The highest BCUT2D eigenvalue weighted by molar-refractivity contribution is 4.86. The molecular weight excluding hydrogens is 172 g/mol. The van der Waals surface area contributed by atoms with E-state index in [1.165, 1.54) is 25.7 Å². The maximum atomic E-state index is 8.79. The Morgan fingerprint density at radius 3 is 2.64 bits per heavy atom. The molecular formula is C12H22N2. The van der Waals surface area contributed by atoms with Crippen molar-refractivity contribution in [3.05, 3.63) is 0 Å². The Labute approximate surface area is 87.9 Å². The highest BCUT2D eigenvalue weighted by Crippen LogP contribution is 2.28. The zero-order chi connectivity index (χ0) is 10.6. The molecule has 0 spiro atoms. The van der Waals surface area contributed by atoms with Gasteiger partial charge in [0.25, 0.3) is 0 Å². The Bertz CT molecular complexity index is 205. The lowest BCUT2D eigenvalue weighted by atomic mass is 9.86.